The van der Waals surface area contributed by atoms with Gasteiger partial charge in [-0.1, -0.05) is 0 Å². The zero-order valence-corrected chi connectivity index (χ0v) is 10.3. The number of nitriles is 1. The molecule has 96 valence electrons. The highest BCUT2D eigenvalue weighted by Crippen LogP contribution is 2.13. The summed E-state index contributed by atoms with van der Waals surface area (Å²) in [6.07, 6.45) is 0. The van der Waals surface area contributed by atoms with Gasteiger partial charge in [0.1, 0.15) is 11.8 Å². The van der Waals surface area contributed by atoms with Gasteiger partial charge in [-0.15, -0.1) is 0 Å². The van der Waals surface area contributed by atoms with E-state index in [0.29, 0.717) is 17.9 Å². The summed E-state index contributed by atoms with van der Waals surface area (Å²) in [5, 5.41) is 11.8. The van der Waals surface area contributed by atoms with Crippen LogP contribution >= 0.6 is 0 Å². The van der Waals surface area contributed by atoms with Crippen LogP contribution in [0, 0.1) is 11.3 Å². The number of nitrogens with zero attached hydrogens (tertiary/aromatic N) is 1. The highest BCUT2D eigenvalue weighted by atomic mass is 16.5. The lowest BCUT2D eigenvalue weighted by Crippen LogP contribution is -2.02. The Balaban J connectivity index is 1.96. The summed E-state index contributed by atoms with van der Waals surface area (Å²) in [4.78, 5) is 11.3. The predicted octanol–water partition coefficient (Wildman–Crippen LogP) is 2.55. The van der Waals surface area contributed by atoms with Gasteiger partial charge in [-0.2, -0.15) is 5.26 Å². The van der Waals surface area contributed by atoms with Gasteiger partial charge in [-0.05, 0) is 36.4 Å². The SMILES string of the molecule is COC(=O)c1ccc(NCc2ccc(C#N)o2)cc1. The van der Waals surface area contributed by atoms with Gasteiger partial charge in [0, 0.05) is 5.69 Å². The molecule has 0 radical (unpaired) electrons. The molecular formula is C14H12N2O3. The van der Waals surface area contributed by atoms with E-state index in [0.717, 1.165) is 5.69 Å². The average Bonchev–Trinajstić information content (AvgIpc) is 2.93. The van der Waals surface area contributed by atoms with Crippen molar-refractivity contribution in [1.29, 1.82) is 5.26 Å². The Morgan fingerprint density at radius 2 is 2.05 bits per heavy atom. The molecule has 0 aliphatic heterocycles. The minimum atomic E-state index is -0.365. The fraction of sp³-hybridized carbons (Fsp3) is 0.143. The van der Waals surface area contributed by atoms with Gasteiger partial charge >= 0.3 is 5.97 Å². The lowest BCUT2D eigenvalue weighted by atomic mass is 10.2. The maximum Gasteiger partial charge on any atom is 0.337 e. The van der Waals surface area contributed by atoms with Gasteiger partial charge in [0.2, 0.25) is 5.76 Å². The van der Waals surface area contributed by atoms with Crippen LogP contribution in [0.1, 0.15) is 21.9 Å². The molecule has 0 saturated heterocycles. The van der Waals surface area contributed by atoms with Crippen LogP contribution < -0.4 is 5.32 Å². The summed E-state index contributed by atoms with van der Waals surface area (Å²) in [6.45, 7) is 0.471. The monoisotopic (exact) mass is 256 g/mol. The van der Waals surface area contributed by atoms with E-state index in [2.05, 4.69) is 10.1 Å². The fourth-order valence-electron chi connectivity index (χ4n) is 1.56. The van der Waals surface area contributed by atoms with Crippen LogP contribution in [0.4, 0.5) is 5.69 Å². The van der Waals surface area contributed by atoms with Crippen molar-refractivity contribution in [3.63, 3.8) is 0 Å². The molecular weight excluding hydrogens is 244 g/mol. The molecule has 19 heavy (non-hydrogen) atoms. The van der Waals surface area contributed by atoms with E-state index < -0.39 is 0 Å². The number of ether oxygens (including phenoxy) is 1. The number of hydrogen-bond donors (Lipinski definition) is 1. The predicted molar refractivity (Wildman–Crippen MR) is 68.5 cm³/mol. The summed E-state index contributed by atoms with van der Waals surface area (Å²) in [5.41, 5.74) is 1.35. The third kappa shape index (κ3) is 3.13. The van der Waals surface area contributed by atoms with Crippen LogP contribution in [-0.2, 0) is 11.3 Å². The molecule has 0 unspecified atom stereocenters. The highest BCUT2D eigenvalue weighted by Gasteiger charge is 2.05. The second kappa shape index (κ2) is 5.74. The summed E-state index contributed by atoms with van der Waals surface area (Å²) in [6, 6.07) is 12.2. The number of furan rings is 1. The van der Waals surface area contributed by atoms with Gasteiger partial charge in [-0.25, -0.2) is 4.79 Å². The molecule has 5 nitrogen and oxygen atoms in total. The topological polar surface area (TPSA) is 75.3 Å². The lowest BCUT2D eigenvalue weighted by Gasteiger charge is -2.05. The molecule has 1 aromatic heterocycles. The molecule has 0 atom stereocenters. The first-order valence-electron chi connectivity index (χ1n) is 5.64. The molecule has 0 fully saturated rings. The number of nitrogens with one attached hydrogen (secondary N) is 1. The quantitative estimate of drug-likeness (QED) is 0.851. The number of anilines is 1. The number of methoxy groups -OCH3 is 1. The number of esters is 1. The standard InChI is InChI=1S/C14H12N2O3/c1-18-14(17)10-2-4-11(5-3-10)16-9-13-7-6-12(8-15)19-13/h2-7,16H,9H2,1H3. The van der Waals surface area contributed by atoms with Crippen molar-refractivity contribution in [3.05, 3.63) is 53.5 Å². The van der Waals surface area contributed by atoms with Crippen LogP contribution in [-0.4, -0.2) is 13.1 Å². The second-order valence-electron chi connectivity index (χ2n) is 3.80. The Labute approximate surface area is 110 Å². The molecule has 5 heteroatoms. The van der Waals surface area contributed by atoms with E-state index in [1.807, 2.05) is 6.07 Å². The summed E-state index contributed by atoms with van der Waals surface area (Å²) in [5.74, 6) is 0.600. The summed E-state index contributed by atoms with van der Waals surface area (Å²) < 4.78 is 9.85. The van der Waals surface area contributed by atoms with Crippen LogP contribution in [0.15, 0.2) is 40.8 Å². The minimum absolute atomic E-state index is 0.290. The first-order valence-corrected chi connectivity index (χ1v) is 5.64. The zero-order valence-electron chi connectivity index (χ0n) is 10.3. The van der Waals surface area contributed by atoms with E-state index in [1.54, 1.807) is 36.4 Å². The van der Waals surface area contributed by atoms with Gasteiger partial charge in [0.25, 0.3) is 0 Å². The lowest BCUT2D eigenvalue weighted by molar-refractivity contribution is 0.0601. The van der Waals surface area contributed by atoms with Gasteiger partial charge in [-0.3, -0.25) is 0 Å². The molecule has 1 aromatic carbocycles. The maximum absolute atomic E-state index is 11.3. The number of rotatable bonds is 4. The third-order valence-corrected chi connectivity index (χ3v) is 2.54. The van der Waals surface area contributed by atoms with E-state index in [-0.39, 0.29) is 11.7 Å². The number of benzene rings is 1. The van der Waals surface area contributed by atoms with Crippen molar-refractivity contribution in [1.82, 2.24) is 0 Å². The Morgan fingerprint density at radius 3 is 2.63 bits per heavy atom. The molecule has 0 spiro atoms. The maximum atomic E-state index is 11.3. The van der Waals surface area contributed by atoms with E-state index in [9.17, 15) is 4.79 Å². The van der Waals surface area contributed by atoms with Crippen molar-refractivity contribution >= 4 is 11.7 Å². The van der Waals surface area contributed by atoms with Gasteiger partial charge in [0.05, 0.1) is 19.2 Å². The number of hydrogen-bond acceptors (Lipinski definition) is 5. The summed E-state index contributed by atoms with van der Waals surface area (Å²) in [7, 11) is 1.35. The molecule has 2 aromatic rings. The van der Waals surface area contributed by atoms with Crippen LogP contribution in [0.25, 0.3) is 0 Å². The zero-order chi connectivity index (χ0) is 13.7. The Bertz CT molecular complexity index is 608. The molecule has 0 amide bonds. The van der Waals surface area contributed by atoms with Crippen LogP contribution in [0.2, 0.25) is 0 Å². The highest BCUT2D eigenvalue weighted by molar-refractivity contribution is 5.89. The summed E-state index contributed by atoms with van der Waals surface area (Å²) >= 11 is 0. The van der Waals surface area contributed by atoms with Crippen molar-refractivity contribution in [2.45, 2.75) is 6.54 Å². The largest absolute Gasteiger partial charge is 0.465 e. The van der Waals surface area contributed by atoms with Crippen molar-refractivity contribution in [2.24, 2.45) is 0 Å². The second-order valence-corrected chi connectivity index (χ2v) is 3.80. The van der Waals surface area contributed by atoms with E-state index in [4.69, 9.17) is 9.68 Å². The smallest absolute Gasteiger partial charge is 0.337 e. The van der Waals surface area contributed by atoms with Crippen LogP contribution in [0.5, 0.6) is 0 Å². The van der Waals surface area contributed by atoms with Gasteiger partial charge in [0.15, 0.2) is 0 Å². The molecule has 0 saturated carbocycles. The Kier molecular flexibility index (Phi) is 3.84. The Hall–Kier alpha value is -2.74. The van der Waals surface area contributed by atoms with E-state index >= 15 is 0 Å². The van der Waals surface area contributed by atoms with Gasteiger partial charge < -0.3 is 14.5 Å². The molecule has 0 aliphatic carbocycles. The van der Waals surface area contributed by atoms with Crippen molar-refractivity contribution in [3.8, 4) is 6.07 Å². The number of carbonyl (C=O) groups excluding carboxylic acids is 1. The molecule has 1 heterocycles. The third-order valence-electron chi connectivity index (χ3n) is 2.54. The average molecular weight is 256 g/mol. The first kappa shape index (κ1) is 12.7. The minimum Gasteiger partial charge on any atom is -0.465 e. The molecule has 0 aliphatic rings. The van der Waals surface area contributed by atoms with E-state index in [1.165, 1.54) is 7.11 Å². The first-order chi connectivity index (χ1) is 9.22. The van der Waals surface area contributed by atoms with Crippen molar-refractivity contribution in [2.75, 3.05) is 12.4 Å². The van der Waals surface area contributed by atoms with Crippen LogP contribution in [0.3, 0.4) is 0 Å². The fourth-order valence-corrected chi connectivity index (χ4v) is 1.56. The van der Waals surface area contributed by atoms with Crippen molar-refractivity contribution < 1.29 is 13.9 Å². The molecule has 1 N–H and O–H groups in total. The normalized spacial score (nSPS) is 9.68. The molecule has 2 rings (SSSR count). The molecule has 0 bridgehead atoms. The number of carbonyl (C=O) groups is 1. The Morgan fingerprint density at radius 1 is 1.32 bits per heavy atom.